The molecule has 0 fully saturated rings. The topological polar surface area (TPSA) is 68.3 Å². The standard InChI is InChI=1S/C17H18N2O2/c1-3-14-10-13(5-4-8-18)6-7-16(14)19-17(20)15-9-12(2)21-11-15/h6-7,9-11H,3,8,18H2,1-2H3,(H,19,20). The lowest BCUT2D eigenvalue weighted by molar-refractivity contribution is 0.102. The van der Waals surface area contributed by atoms with E-state index in [2.05, 4.69) is 17.2 Å². The fraction of sp³-hybridized carbons (Fsp3) is 0.235. The van der Waals surface area contributed by atoms with Crippen molar-refractivity contribution >= 4 is 11.6 Å². The van der Waals surface area contributed by atoms with Crippen LogP contribution in [0.25, 0.3) is 0 Å². The van der Waals surface area contributed by atoms with Gasteiger partial charge in [0.25, 0.3) is 5.91 Å². The molecule has 4 nitrogen and oxygen atoms in total. The number of hydrogen-bond donors (Lipinski definition) is 2. The highest BCUT2D eigenvalue weighted by Crippen LogP contribution is 2.19. The van der Waals surface area contributed by atoms with Crippen LogP contribution < -0.4 is 11.1 Å². The molecular formula is C17H18N2O2. The van der Waals surface area contributed by atoms with E-state index in [-0.39, 0.29) is 5.91 Å². The Morgan fingerprint density at radius 3 is 2.81 bits per heavy atom. The molecule has 0 aliphatic rings. The number of carbonyl (C=O) groups excluding carboxylic acids is 1. The highest BCUT2D eigenvalue weighted by atomic mass is 16.3. The fourth-order valence-electron chi connectivity index (χ4n) is 2.00. The van der Waals surface area contributed by atoms with Gasteiger partial charge in [0.15, 0.2) is 0 Å². The number of aryl methyl sites for hydroxylation is 2. The number of nitrogens with two attached hydrogens (primary N) is 1. The van der Waals surface area contributed by atoms with E-state index >= 15 is 0 Å². The average Bonchev–Trinajstić information content (AvgIpc) is 2.92. The summed E-state index contributed by atoms with van der Waals surface area (Å²) in [5.74, 6) is 6.35. The van der Waals surface area contributed by atoms with E-state index < -0.39 is 0 Å². The highest BCUT2D eigenvalue weighted by molar-refractivity contribution is 6.04. The molecule has 1 aromatic carbocycles. The van der Waals surface area contributed by atoms with E-state index in [9.17, 15) is 4.79 Å². The van der Waals surface area contributed by atoms with Crippen LogP contribution in [0, 0.1) is 18.8 Å². The van der Waals surface area contributed by atoms with Crippen molar-refractivity contribution in [2.75, 3.05) is 11.9 Å². The Kier molecular flexibility index (Phi) is 4.81. The molecule has 0 atom stereocenters. The van der Waals surface area contributed by atoms with Crippen molar-refractivity contribution in [3.8, 4) is 11.8 Å². The molecule has 108 valence electrons. The van der Waals surface area contributed by atoms with E-state index in [1.807, 2.05) is 25.1 Å². The van der Waals surface area contributed by atoms with Crippen molar-refractivity contribution in [2.45, 2.75) is 20.3 Å². The number of hydrogen-bond acceptors (Lipinski definition) is 3. The van der Waals surface area contributed by atoms with Crippen molar-refractivity contribution in [3.05, 3.63) is 53.0 Å². The maximum atomic E-state index is 12.1. The van der Waals surface area contributed by atoms with Gasteiger partial charge in [-0.2, -0.15) is 0 Å². The molecule has 0 spiro atoms. The van der Waals surface area contributed by atoms with E-state index in [0.717, 1.165) is 23.2 Å². The van der Waals surface area contributed by atoms with Crippen molar-refractivity contribution < 1.29 is 9.21 Å². The fourth-order valence-corrected chi connectivity index (χ4v) is 2.00. The molecule has 0 radical (unpaired) electrons. The third-order valence-electron chi connectivity index (χ3n) is 3.06. The van der Waals surface area contributed by atoms with Gasteiger partial charge in [-0.3, -0.25) is 4.79 Å². The van der Waals surface area contributed by atoms with Crippen molar-refractivity contribution in [1.82, 2.24) is 0 Å². The van der Waals surface area contributed by atoms with Crippen LogP contribution in [-0.4, -0.2) is 12.5 Å². The summed E-state index contributed by atoms with van der Waals surface area (Å²) in [6.45, 7) is 4.17. The van der Waals surface area contributed by atoms with Gasteiger partial charge < -0.3 is 15.5 Å². The van der Waals surface area contributed by atoms with Crippen molar-refractivity contribution in [1.29, 1.82) is 0 Å². The van der Waals surface area contributed by atoms with Crippen LogP contribution in [0.15, 0.2) is 34.9 Å². The Labute approximate surface area is 124 Å². The lowest BCUT2D eigenvalue weighted by Crippen LogP contribution is -2.12. The summed E-state index contributed by atoms with van der Waals surface area (Å²) < 4.78 is 5.15. The molecule has 21 heavy (non-hydrogen) atoms. The molecule has 0 saturated heterocycles. The summed E-state index contributed by atoms with van der Waals surface area (Å²) in [5, 5.41) is 2.90. The molecule has 3 N–H and O–H groups in total. The monoisotopic (exact) mass is 282 g/mol. The first-order valence-electron chi connectivity index (χ1n) is 6.82. The van der Waals surface area contributed by atoms with Crippen LogP contribution in [-0.2, 0) is 6.42 Å². The molecular weight excluding hydrogens is 264 g/mol. The second kappa shape index (κ2) is 6.78. The zero-order valence-electron chi connectivity index (χ0n) is 12.2. The van der Waals surface area contributed by atoms with Gasteiger partial charge in [0.1, 0.15) is 12.0 Å². The zero-order chi connectivity index (χ0) is 15.2. The van der Waals surface area contributed by atoms with Gasteiger partial charge in [-0.1, -0.05) is 18.8 Å². The number of rotatable bonds is 3. The predicted molar refractivity (Wildman–Crippen MR) is 83.2 cm³/mol. The molecule has 0 unspecified atom stereocenters. The highest BCUT2D eigenvalue weighted by Gasteiger charge is 2.11. The Balaban J connectivity index is 2.21. The van der Waals surface area contributed by atoms with Gasteiger partial charge in [0.05, 0.1) is 12.1 Å². The number of benzene rings is 1. The SMILES string of the molecule is CCc1cc(C#CCN)ccc1NC(=O)c1coc(C)c1. The van der Waals surface area contributed by atoms with Gasteiger partial charge in [-0.05, 0) is 43.2 Å². The zero-order valence-corrected chi connectivity index (χ0v) is 12.2. The smallest absolute Gasteiger partial charge is 0.258 e. The molecule has 1 amide bonds. The largest absolute Gasteiger partial charge is 0.469 e. The molecule has 2 rings (SSSR count). The number of carbonyl (C=O) groups is 1. The Morgan fingerprint density at radius 2 is 2.19 bits per heavy atom. The quantitative estimate of drug-likeness (QED) is 0.850. The lowest BCUT2D eigenvalue weighted by Gasteiger charge is -2.09. The van der Waals surface area contributed by atoms with Crippen molar-refractivity contribution in [3.63, 3.8) is 0 Å². The van der Waals surface area contributed by atoms with Gasteiger partial charge >= 0.3 is 0 Å². The molecule has 0 saturated carbocycles. The second-order valence-corrected chi connectivity index (χ2v) is 4.63. The molecule has 2 aromatic rings. The van der Waals surface area contributed by atoms with Crippen LogP contribution in [0.4, 0.5) is 5.69 Å². The molecule has 0 aliphatic carbocycles. The Bertz CT molecular complexity index is 705. The Morgan fingerprint density at radius 1 is 1.38 bits per heavy atom. The van der Waals surface area contributed by atoms with Crippen LogP contribution in [0.1, 0.15) is 34.2 Å². The summed E-state index contributed by atoms with van der Waals surface area (Å²) in [4.78, 5) is 12.1. The molecule has 4 heteroatoms. The average molecular weight is 282 g/mol. The number of furan rings is 1. The minimum Gasteiger partial charge on any atom is -0.469 e. The lowest BCUT2D eigenvalue weighted by atomic mass is 10.1. The number of amides is 1. The van der Waals surface area contributed by atoms with Crippen LogP contribution >= 0.6 is 0 Å². The van der Waals surface area contributed by atoms with Crippen molar-refractivity contribution in [2.24, 2.45) is 5.73 Å². The summed E-state index contributed by atoms with van der Waals surface area (Å²) >= 11 is 0. The third kappa shape index (κ3) is 3.74. The van der Waals surface area contributed by atoms with Gasteiger partial charge in [-0.15, -0.1) is 0 Å². The first-order valence-corrected chi connectivity index (χ1v) is 6.82. The normalized spacial score (nSPS) is 9.86. The van der Waals surface area contributed by atoms with Crippen LogP contribution in [0.5, 0.6) is 0 Å². The van der Waals surface area contributed by atoms with Gasteiger partial charge in [-0.25, -0.2) is 0 Å². The summed E-state index contributed by atoms with van der Waals surface area (Å²) in [7, 11) is 0. The second-order valence-electron chi connectivity index (χ2n) is 4.63. The number of nitrogens with one attached hydrogen (secondary N) is 1. The first-order chi connectivity index (χ1) is 10.1. The molecule has 1 heterocycles. The van der Waals surface area contributed by atoms with E-state index in [1.165, 1.54) is 6.26 Å². The minimum absolute atomic E-state index is 0.178. The Hall–Kier alpha value is -2.51. The maximum Gasteiger partial charge on any atom is 0.258 e. The van der Waals surface area contributed by atoms with Crippen LogP contribution in [0.3, 0.4) is 0 Å². The third-order valence-corrected chi connectivity index (χ3v) is 3.06. The summed E-state index contributed by atoms with van der Waals surface area (Å²) in [6.07, 6.45) is 2.26. The van der Waals surface area contributed by atoms with E-state index in [4.69, 9.17) is 10.2 Å². The number of anilines is 1. The maximum absolute atomic E-state index is 12.1. The first kappa shape index (κ1) is 14.9. The van der Waals surface area contributed by atoms with E-state index in [0.29, 0.717) is 17.9 Å². The summed E-state index contributed by atoms with van der Waals surface area (Å²) in [6, 6.07) is 7.42. The molecule has 1 aromatic heterocycles. The molecule has 0 aliphatic heterocycles. The van der Waals surface area contributed by atoms with Gasteiger partial charge in [0.2, 0.25) is 0 Å². The van der Waals surface area contributed by atoms with Gasteiger partial charge in [0, 0.05) is 11.3 Å². The van der Waals surface area contributed by atoms with E-state index in [1.54, 1.807) is 13.0 Å². The molecule has 0 bridgehead atoms. The van der Waals surface area contributed by atoms with Crippen LogP contribution in [0.2, 0.25) is 0 Å². The summed E-state index contributed by atoms with van der Waals surface area (Å²) in [5.41, 5.74) is 8.61. The predicted octanol–water partition coefficient (Wildman–Crippen LogP) is 2.71. The minimum atomic E-state index is -0.178.